The summed E-state index contributed by atoms with van der Waals surface area (Å²) in [6, 6.07) is 8.95. The molecule has 0 spiro atoms. The predicted octanol–water partition coefficient (Wildman–Crippen LogP) is 6.14. The van der Waals surface area contributed by atoms with E-state index >= 15 is 0 Å². The van der Waals surface area contributed by atoms with Gasteiger partial charge in [-0.05, 0) is 24.8 Å². The number of halogens is 1. The first kappa shape index (κ1) is 19.5. The van der Waals surface area contributed by atoms with Crippen LogP contribution in [0, 0.1) is 0 Å². The molecule has 0 fully saturated rings. The van der Waals surface area contributed by atoms with E-state index < -0.39 is 0 Å². The highest BCUT2D eigenvalue weighted by Gasteiger charge is 2.26. The number of rotatable bonds is 12. The Morgan fingerprint density at radius 1 is 0.727 bits per heavy atom. The Kier molecular flexibility index (Phi) is 9.82. The second-order valence-corrected chi connectivity index (χ2v) is 6.95. The smallest absolute Gasteiger partial charge is 0.104 e. The number of nitrogens with zero attached hydrogens (tertiary/aromatic N) is 1. The van der Waals surface area contributed by atoms with Gasteiger partial charge in [-0.1, -0.05) is 64.3 Å². The van der Waals surface area contributed by atoms with Crippen molar-refractivity contribution in [2.45, 2.75) is 71.7 Å². The van der Waals surface area contributed by atoms with Gasteiger partial charge in [0.1, 0.15) is 6.54 Å². The van der Waals surface area contributed by atoms with Gasteiger partial charge in [-0.25, -0.2) is 0 Å². The van der Waals surface area contributed by atoms with Crippen LogP contribution < -0.4 is 0 Å². The monoisotopic (exact) mass is 324 g/mol. The van der Waals surface area contributed by atoms with Crippen LogP contribution in [0.15, 0.2) is 24.3 Å². The lowest BCUT2D eigenvalue weighted by molar-refractivity contribution is -0.941. The van der Waals surface area contributed by atoms with E-state index in [1.807, 2.05) is 0 Å². The summed E-state index contributed by atoms with van der Waals surface area (Å²) in [5.41, 5.74) is 2.69. The molecular weight excluding hydrogens is 290 g/mol. The summed E-state index contributed by atoms with van der Waals surface area (Å²) < 4.78 is 1.27. The van der Waals surface area contributed by atoms with E-state index in [2.05, 4.69) is 45.0 Å². The van der Waals surface area contributed by atoms with Gasteiger partial charge in [0.2, 0.25) is 0 Å². The zero-order valence-corrected chi connectivity index (χ0v) is 15.7. The zero-order chi connectivity index (χ0) is 16.3. The molecule has 0 aliphatic heterocycles. The highest BCUT2D eigenvalue weighted by Crippen LogP contribution is 2.20. The summed E-state index contributed by atoms with van der Waals surface area (Å²) in [7, 11) is 0. The van der Waals surface area contributed by atoms with Crippen molar-refractivity contribution in [1.29, 1.82) is 0 Å². The molecule has 1 rings (SSSR count). The van der Waals surface area contributed by atoms with Gasteiger partial charge in [-0.3, -0.25) is 0 Å². The van der Waals surface area contributed by atoms with E-state index in [4.69, 9.17) is 11.6 Å². The summed E-state index contributed by atoms with van der Waals surface area (Å²) in [6.07, 6.45) is 7.91. The Morgan fingerprint density at radius 2 is 1.14 bits per heavy atom. The Labute approximate surface area is 143 Å². The number of unbranched alkanes of at least 4 members (excludes halogenated alkanes) is 3. The summed E-state index contributed by atoms with van der Waals surface area (Å²) in [6.45, 7) is 12.1. The molecule has 126 valence electrons. The molecule has 22 heavy (non-hydrogen) atoms. The summed E-state index contributed by atoms with van der Waals surface area (Å²) in [5, 5.41) is 0. The third-order valence-electron chi connectivity index (χ3n) is 4.65. The van der Waals surface area contributed by atoms with Crippen LogP contribution >= 0.6 is 11.6 Å². The molecule has 0 heterocycles. The first-order chi connectivity index (χ1) is 10.7. The maximum Gasteiger partial charge on any atom is 0.104 e. The predicted molar refractivity (Wildman–Crippen MR) is 99.3 cm³/mol. The highest BCUT2D eigenvalue weighted by atomic mass is 35.5. The first-order valence-corrected chi connectivity index (χ1v) is 9.72. The second kappa shape index (κ2) is 11.1. The van der Waals surface area contributed by atoms with E-state index in [9.17, 15) is 0 Å². The van der Waals surface area contributed by atoms with Gasteiger partial charge in [-0.15, -0.1) is 11.6 Å². The van der Waals surface area contributed by atoms with Crippen LogP contribution in [0.4, 0.5) is 0 Å². The van der Waals surface area contributed by atoms with Crippen molar-refractivity contribution < 1.29 is 4.48 Å². The average Bonchev–Trinajstić information content (AvgIpc) is 2.56. The lowest BCUT2D eigenvalue weighted by Gasteiger charge is -2.39. The van der Waals surface area contributed by atoms with E-state index in [-0.39, 0.29) is 0 Å². The number of benzene rings is 1. The van der Waals surface area contributed by atoms with E-state index in [1.165, 1.54) is 80.3 Å². The lowest BCUT2D eigenvalue weighted by atomic mass is 10.1. The number of hydrogen-bond acceptors (Lipinski definition) is 0. The molecule has 1 aromatic carbocycles. The van der Waals surface area contributed by atoms with Gasteiger partial charge in [0, 0.05) is 11.4 Å². The average molecular weight is 325 g/mol. The van der Waals surface area contributed by atoms with Crippen molar-refractivity contribution in [3.05, 3.63) is 35.4 Å². The summed E-state index contributed by atoms with van der Waals surface area (Å²) in [4.78, 5) is 0. The van der Waals surface area contributed by atoms with Crippen molar-refractivity contribution in [1.82, 2.24) is 0 Å². The van der Waals surface area contributed by atoms with Crippen LogP contribution in [-0.4, -0.2) is 24.1 Å². The Hall–Kier alpha value is -0.530. The van der Waals surface area contributed by atoms with Crippen molar-refractivity contribution >= 4 is 11.6 Å². The van der Waals surface area contributed by atoms with E-state index in [0.717, 1.165) is 0 Å². The highest BCUT2D eigenvalue weighted by molar-refractivity contribution is 6.17. The Morgan fingerprint density at radius 3 is 1.50 bits per heavy atom. The standard InChI is InChI=1S/C20H35ClN/c1-4-7-14-22(15-8-5-2,16-9-6-3)18-20-12-10-19(17-21)11-13-20/h10-13H,4-9,14-18H2,1-3H3/q+1. The molecule has 0 radical (unpaired) electrons. The molecule has 0 atom stereocenters. The minimum absolute atomic E-state index is 0.613. The minimum atomic E-state index is 0.613. The van der Waals surface area contributed by atoms with E-state index in [0.29, 0.717) is 5.88 Å². The lowest BCUT2D eigenvalue weighted by Crippen LogP contribution is -2.49. The van der Waals surface area contributed by atoms with Gasteiger partial charge >= 0.3 is 0 Å². The van der Waals surface area contributed by atoms with Crippen LogP contribution in [0.5, 0.6) is 0 Å². The molecule has 0 unspecified atom stereocenters. The molecule has 0 amide bonds. The fourth-order valence-electron chi connectivity index (χ4n) is 3.17. The molecule has 0 saturated heterocycles. The quantitative estimate of drug-likeness (QED) is 0.320. The van der Waals surface area contributed by atoms with Crippen molar-refractivity contribution in [3.8, 4) is 0 Å². The maximum atomic E-state index is 5.91. The van der Waals surface area contributed by atoms with Crippen molar-refractivity contribution in [2.75, 3.05) is 19.6 Å². The van der Waals surface area contributed by atoms with Crippen LogP contribution in [0.25, 0.3) is 0 Å². The van der Waals surface area contributed by atoms with Gasteiger partial charge in [0.15, 0.2) is 0 Å². The molecule has 0 bridgehead atoms. The van der Waals surface area contributed by atoms with Gasteiger partial charge < -0.3 is 4.48 Å². The van der Waals surface area contributed by atoms with Gasteiger partial charge in [0.05, 0.1) is 19.6 Å². The summed E-state index contributed by atoms with van der Waals surface area (Å²) in [5.74, 6) is 0.613. The fourth-order valence-corrected chi connectivity index (χ4v) is 3.35. The molecule has 2 heteroatoms. The molecule has 0 saturated carbocycles. The zero-order valence-electron chi connectivity index (χ0n) is 14.9. The van der Waals surface area contributed by atoms with Crippen LogP contribution in [0.3, 0.4) is 0 Å². The third kappa shape index (κ3) is 6.71. The van der Waals surface area contributed by atoms with Crippen molar-refractivity contribution in [3.63, 3.8) is 0 Å². The Bertz CT molecular complexity index is 363. The van der Waals surface area contributed by atoms with E-state index in [1.54, 1.807) is 0 Å². The molecular formula is C20H35ClN+. The molecule has 0 aliphatic rings. The fraction of sp³-hybridized carbons (Fsp3) is 0.700. The molecule has 1 aromatic rings. The number of quaternary nitrogens is 1. The normalized spacial score (nSPS) is 11.8. The summed E-state index contributed by atoms with van der Waals surface area (Å²) >= 11 is 5.91. The maximum absolute atomic E-state index is 5.91. The number of alkyl halides is 1. The first-order valence-electron chi connectivity index (χ1n) is 9.18. The van der Waals surface area contributed by atoms with Gasteiger partial charge in [-0.2, -0.15) is 0 Å². The van der Waals surface area contributed by atoms with Crippen LogP contribution in [0.1, 0.15) is 70.4 Å². The minimum Gasteiger partial charge on any atom is -0.320 e. The molecule has 0 aliphatic carbocycles. The molecule has 0 aromatic heterocycles. The van der Waals surface area contributed by atoms with Crippen molar-refractivity contribution in [2.24, 2.45) is 0 Å². The number of hydrogen-bond donors (Lipinski definition) is 0. The second-order valence-electron chi connectivity index (χ2n) is 6.68. The van der Waals surface area contributed by atoms with Gasteiger partial charge in [0.25, 0.3) is 0 Å². The van der Waals surface area contributed by atoms with Crippen LogP contribution in [0.2, 0.25) is 0 Å². The topological polar surface area (TPSA) is 0 Å². The van der Waals surface area contributed by atoms with Crippen LogP contribution in [-0.2, 0) is 12.4 Å². The largest absolute Gasteiger partial charge is 0.320 e. The molecule has 0 N–H and O–H groups in total. The Balaban J connectivity index is 2.87. The molecule has 1 nitrogen and oxygen atoms in total. The third-order valence-corrected chi connectivity index (χ3v) is 4.96. The SMILES string of the molecule is CCCC[N+](CCCC)(CCCC)Cc1ccc(CCl)cc1.